The molecule has 0 bridgehead atoms. The molecule has 1 aliphatic rings. The van der Waals surface area contributed by atoms with Crippen LogP contribution in [0.5, 0.6) is 0 Å². The fourth-order valence-electron chi connectivity index (χ4n) is 4.21. The van der Waals surface area contributed by atoms with Crippen LogP contribution in [0.2, 0.25) is 5.02 Å². The number of hydrogen-bond acceptors (Lipinski definition) is 3. The molecule has 6 heteroatoms. The highest BCUT2D eigenvalue weighted by atomic mass is 35.5. The van der Waals surface area contributed by atoms with Crippen LogP contribution in [0, 0.1) is 5.82 Å². The summed E-state index contributed by atoms with van der Waals surface area (Å²) < 4.78 is 21.7. The van der Waals surface area contributed by atoms with Crippen molar-refractivity contribution >= 4 is 22.5 Å². The van der Waals surface area contributed by atoms with E-state index < -0.39 is 0 Å². The van der Waals surface area contributed by atoms with E-state index >= 15 is 0 Å². The van der Waals surface area contributed by atoms with Crippen molar-refractivity contribution in [2.45, 2.75) is 38.3 Å². The van der Waals surface area contributed by atoms with Crippen molar-refractivity contribution in [2.75, 3.05) is 26.7 Å². The molecule has 0 amide bonds. The summed E-state index contributed by atoms with van der Waals surface area (Å²) in [6.07, 6.45) is 4.00. The monoisotopic (exact) mass is 415 g/mol. The van der Waals surface area contributed by atoms with Gasteiger partial charge >= 0.3 is 0 Å². The minimum atomic E-state index is -0.203. The minimum Gasteiger partial charge on any atom is -0.376 e. The number of aromatic nitrogens is 2. The van der Waals surface area contributed by atoms with Gasteiger partial charge in [0.1, 0.15) is 5.82 Å². The number of aryl methyl sites for hydroxylation is 1. The maximum atomic E-state index is 13.5. The van der Waals surface area contributed by atoms with Gasteiger partial charge in [0.15, 0.2) is 0 Å². The van der Waals surface area contributed by atoms with Crippen LogP contribution in [0.3, 0.4) is 0 Å². The summed E-state index contributed by atoms with van der Waals surface area (Å²) in [7, 11) is 2.14. The number of piperidine rings is 1. The van der Waals surface area contributed by atoms with Gasteiger partial charge in [0.05, 0.1) is 18.7 Å². The standard InChI is InChI=1S/C23H27ClFN3O/c1-3-28-14-17-12-20(24)13-18(22(17)26-28)15-29-16-23(8-10-27(2)11-9-23)19-4-6-21(25)7-5-19/h4-7,12-14H,3,8-11,15-16H2,1-2H3. The van der Waals surface area contributed by atoms with Crippen molar-refractivity contribution in [1.82, 2.24) is 14.7 Å². The molecule has 29 heavy (non-hydrogen) atoms. The van der Waals surface area contributed by atoms with Crippen molar-refractivity contribution in [3.63, 3.8) is 0 Å². The van der Waals surface area contributed by atoms with Gasteiger partial charge in [-0.25, -0.2) is 4.39 Å². The molecule has 2 aromatic carbocycles. The maximum absolute atomic E-state index is 13.5. The van der Waals surface area contributed by atoms with E-state index in [0.29, 0.717) is 18.2 Å². The Morgan fingerprint density at radius 2 is 1.90 bits per heavy atom. The van der Waals surface area contributed by atoms with Crippen LogP contribution in [-0.2, 0) is 23.3 Å². The van der Waals surface area contributed by atoms with Gasteiger partial charge < -0.3 is 9.64 Å². The molecule has 0 spiro atoms. The highest BCUT2D eigenvalue weighted by Gasteiger charge is 2.35. The van der Waals surface area contributed by atoms with Crippen molar-refractivity contribution in [1.29, 1.82) is 0 Å². The zero-order valence-corrected chi connectivity index (χ0v) is 17.8. The third-order valence-corrected chi connectivity index (χ3v) is 6.28. The molecule has 0 radical (unpaired) electrons. The zero-order chi connectivity index (χ0) is 20.4. The molecule has 154 valence electrons. The molecule has 2 heterocycles. The molecule has 1 fully saturated rings. The average Bonchev–Trinajstić information content (AvgIpc) is 3.13. The molecular weight excluding hydrogens is 389 g/mol. The third-order valence-electron chi connectivity index (χ3n) is 6.06. The number of rotatable bonds is 6. The first-order valence-corrected chi connectivity index (χ1v) is 10.5. The minimum absolute atomic E-state index is 0.0965. The highest BCUT2D eigenvalue weighted by Crippen LogP contribution is 2.36. The van der Waals surface area contributed by atoms with E-state index in [-0.39, 0.29) is 11.2 Å². The Balaban J connectivity index is 1.55. The van der Waals surface area contributed by atoms with Gasteiger partial charge in [-0.3, -0.25) is 4.68 Å². The van der Waals surface area contributed by atoms with Crippen LogP contribution in [0.15, 0.2) is 42.6 Å². The first kappa shape index (κ1) is 20.3. The summed E-state index contributed by atoms with van der Waals surface area (Å²) in [5.41, 5.74) is 3.00. The normalized spacial score (nSPS) is 17.1. The van der Waals surface area contributed by atoms with Crippen LogP contribution < -0.4 is 0 Å². The fraction of sp³-hybridized carbons (Fsp3) is 0.435. The van der Waals surface area contributed by atoms with Crippen LogP contribution in [0.4, 0.5) is 4.39 Å². The summed E-state index contributed by atoms with van der Waals surface area (Å²) >= 11 is 6.32. The van der Waals surface area contributed by atoms with Crippen molar-refractivity contribution < 1.29 is 9.13 Å². The number of likely N-dealkylation sites (tertiary alicyclic amines) is 1. The largest absolute Gasteiger partial charge is 0.376 e. The molecule has 0 atom stereocenters. The first-order chi connectivity index (χ1) is 14.0. The molecule has 0 unspecified atom stereocenters. The SMILES string of the molecule is CCn1cc2cc(Cl)cc(COCC3(c4ccc(F)cc4)CCN(C)CC3)c2n1. The summed E-state index contributed by atoms with van der Waals surface area (Å²) in [6.45, 7) is 5.93. The quantitative estimate of drug-likeness (QED) is 0.565. The molecule has 0 saturated carbocycles. The van der Waals surface area contributed by atoms with E-state index in [0.717, 1.165) is 54.5 Å². The van der Waals surface area contributed by atoms with Crippen LogP contribution >= 0.6 is 11.6 Å². The topological polar surface area (TPSA) is 30.3 Å². The van der Waals surface area contributed by atoms with Crippen molar-refractivity contribution in [3.8, 4) is 0 Å². The Hall–Kier alpha value is -1.95. The Labute approximate surface area is 176 Å². The van der Waals surface area contributed by atoms with Crippen LogP contribution in [0.1, 0.15) is 30.9 Å². The van der Waals surface area contributed by atoms with E-state index in [1.165, 1.54) is 0 Å². The van der Waals surface area contributed by atoms with E-state index in [9.17, 15) is 4.39 Å². The molecule has 4 nitrogen and oxygen atoms in total. The fourth-order valence-corrected chi connectivity index (χ4v) is 4.46. The maximum Gasteiger partial charge on any atom is 0.123 e. The predicted octanol–water partition coefficient (Wildman–Crippen LogP) is 5.03. The van der Waals surface area contributed by atoms with E-state index in [1.807, 2.05) is 35.1 Å². The van der Waals surface area contributed by atoms with Crippen LogP contribution in [0.25, 0.3) is 10.9 Å². The molecule has 3 aromatic rings. The number of hydrogen-bond donors (Lipinski definition) is 0. The lowest BCUT2D eigenvalue weighted by Gasteiger charge is -2.41. The van der Waals surface area contributed by atoms with Crippen molar-refractivity contribution in [3.05, 3.63) is 64.6 Å². The van der Waals surface area contributed by atoms with Gasteiger partial charge in [-0.2, -0.15) is 5.10 Å². The van der Waals surface area contributed by atoms with E-state index in [2.05, 4.69) is 24.0 Å². The summed E-state index contributed by atoms with van der Waals surface area (Å²) in [5.74, 6) is -0.203. The number of benzene rings is 2. The number of nitrogens with zero attached hydrogens (tertiary/aromatic N) is 3. The zero-order valence-electron chi connectivity index (χ0n) is 17.0. The average molecular weight is 416 g/mol. The van der Waals surface area contributed by atoms with Gasteiger partial charge in [0.2, 0.25) is 0 Å². The summed E-state index contributed by atoms with van der Waals surface area (Å²) in [4.78, 5) is 2.33. The Morgan fingerprint density at radius 1 is 1.17 bits per heavy atom. The predicted molar refractivity (Wildman–Crippen MR) is 115 cm³/mol. The van der Waals surface area contributed by atoms with Gasteiger partial charge in [0.25, 0.3) is 0 Å². The molecule has 1 aromatic heterocycles. The summed E-state index contributed by atoms with van der Waals surface area (Å²) in [6, 6.07) is 10.8. The highest BCUT2D eigenvalue weighted by molar-refractivity contribution is 6.31. The lowest BCUT2D eigenvalue weighted by Crippen LogP contribution is -2.43. The van der Waals surface area contributed by atoms with Crippen LogP contribution in [-0.4, -0.2) is 41.4 Å². The molecule has 0 N–H and O–H groups in total. The molecule has 4 rings (SSSR count). The van der Waals surface area contributed by atoms with Crippen molar-refractivity contribution in [2.24, 2.45) is 0 Å². The smallest absolute Gasteiger partial charge is 0.123 e. The molecule has 0 aliphatic carbocycles. The Morgan fingerprint density at radius 3 is 2.59 bits per heavy atom. The number of ether oxygens (including phenoxy) is 1. The Bertz CT molecular complexity index is 978. The van der Waals surface area contributed by atoms with Gasteiger partial charge in [-0.05, 0) is 69.7 Å². The molecule has 1 aliphatic heterocycles. The van der Waals surface area contributed by atoms with E-state index in [1.54, 1.807) is 12.1 Å². The number of fused-ring (bicyclic) bond motifs is 1. The second-order valence-corrected chi connectivity index (χ2v) is 8.51. The third kappa shape index (κ3) is 4.32. The van der Waals surface area contributed by atoms with Gasteiger partial charge in [-0.1, -0.05) is 23.7 Å². The lowest BCUT2D eigenvalue weighted by molar-refractivity contribution is 0.0411. The second-order valence-electron chi connectivity index (χ2n) is 8.07. The number of halogens is 2. The first-order valence-electron chi connectivity index (χ1n) is 10.2. The Kier molecular flexibility index (Phi) is 5.91. The van der Waals surface area contributed by atoms with Gasteiger partial charge in [-0.15, -0.1) is 0 Å². The lowest BCUT2D eigenvalue weighted by atomic mass is 9.73. The van der Waals surface area contributed by atoms with Gasteiger partial charge in [0, 0.05) is 34.1 Å². The second kappa shape index (κ2) is 8.42. The molecular formula is C23H27ClFN3O. The molecule has 1 saturated heterocycles. The summed E-state index contributed by atoms with van der Waals surface area (Å²) in [5, 5.41) is 6.39. The van der Waals surface area contributed by atoms with E-state index in [4.69, 9.17) is 16.3 Å².